The molecule has 0 saturated carbocycles. The van der Waals surface area contributed by atoms with Crippen LogP contribution in [0.4, 0.5) is 0 Å². The highest BCUT2D eigenvalue weighted by atomic mass is 15.1. The molecule has 64 valence electrons. The molecule has 0 rings (SSSR count). The van der Waals surface area contributed by atoms with Gasteiger partial charge >= 0.3 is 0 Å². The van der Waals surface area contributed by atoms with Gasteiger partial charge in [-0.3, -0.25) is 0 Å². The number of allylic oxidation sites excluding steroid dienone is 2. The molecular formula is C9H18N2. The van der Waals surface area contributed by atoms with Crippen LogP contribution in [0, 0.1) is 0 Å². The molecule has 0 radical (unpaired) electrons. The van der Waals surface area contributed by atoms with Gasteiger partial charge in [0.15, 0.2) is 0 Å². The van der Waals surface area contributed by atoms with E-state index in [9.17, 15) is 0 Å². The molecule has 0 aromatic heterocycles. The van der Waals surface area contributed by atoms with Crippen LogP contribution in [0.2, 0.25) is 0 Å². The third-order valence-corrected chi connectivity index (χ3v) is 1.63. The van der Waals surface area contributed by atoms with Crippen molar-refractivity contribution in [2.24, 2.45) is 4.99 Å². The summed E-state index contributed by atoms with van der Waals surface area (Å²) >= 11 is 0. The summed E-state index contributed by atoms with van der Waals surface area (Å²) in [6.45, 7) is 6.30. The first-order valence-electron chi connectivity index (χ1n) is 3.95. The highest BCUT2D eigenvalue weighted by Gasteiger charge is 1.89. The SMILES string of the molecule is CC/C(C)=C(C)/N=C\N(C)C. The molecule has 2 nitrogen and oxygen atoms in total. The van der Waals surface area contributed by atoms with E-state index in [0.717, 1.165) is 12.1 Å². The summed E-state index contributed by atoms with van der Waals surface area (Å²) in [4.78, 5) is 6.21. The normalized spacial score (nSPS) is 13.5. The molecule has 0 aromatic rings. The second kappa shape index (κ2) is 4.94. The van der Waals surface area contributed by atoms with E-state index in [1.54, 1.807) is 0 Å². The molecule has 11 heavy (non-hydrogen) atoms. The van der Waals surface area contributed by atoms with E-state index in [0.29, 0.717) is 0 Å². The lowest BCUT2D eigenvalue weighted by Crippen LogP contribution is -2.07. The number of hydrogen-bond donors (Lipinski definition) is 0. The highest BCUT2D eigenvalue weighted by Crippen LogP contribution is 2.07. The molecule has 0 aliphatic rings. The smallest absolute Gasteiger partial charge is 0.0902 e. The zero-order chi connectivity index (χ0) is 8.85. The average Bonchev–Trinajstić information content (AvgIpc) is 1.98. The maximum atomic E-state index is 4.27. The van der Waals surface area contributed by atoms with Gasteiger partial charge in [-0.05, 0) is 20.3 Å². The lowest BCUT2D eigenvalue weighted by molar-refractivity contribution is 0.641. The zero-order valence-corrected chi connectivity index (χ0v) is 8.18. The quantitative estimate of drug-likeness (QED) is 0.450. The van der Waals surface area contributed by atoms with Gasteiger partial charge in [-0.2, -0.15) is 0 Å². The Hall–Kier alpha value is -0.790. The number of hydrogen-bond acceptors (Lipinski definition) is 1. The molecule has 0 spiro atoms. The predicted molar refractivity (Wildman–Crippen MR) is 50.8 cm³/mol. The van der Waals surface area contributed by atoms with E-state index in [2.05, 4.69) is 18.8 Å². The van der Waals surface area contributed by atoms with Crippen molar-refractivity contribution in [2.75, 3.05) is 14.1 Å². The van der Waals surface area contributed by atoms with E-state index in [1.165, 1.54) is 5.57 Å². The third-order valence-electron chi connectivity index (χ3n) is 1.63. The molecule has 0 fully saturated rings. The second-order valence-corrected chi connectivity index (χ2v) is 2.93. The molecule has 0 N–H and O–H groups in total. The largest absolute Gasteiger partial charge is 0.369 e. The Labute approximate surface area is 69.6 Å². The molecule has 0 saturated heterocycles. The summed E-state index contributed by atoms with van der Waals surface area (Å²) in [7, 11) is 3.94. The van der Waals surface area contributed by atoms with Crippen molar-refractivity contribution in [1.29, 1.82) is 0 Å². The molecule has 0 aromatic carbocycles. The standard InChI is InChI=1S/C9H18N2/c1-6-8(2)9(3)10-7-11(4)5/h7H,6H2,1-5H3/b9-8+,10-7-. The monoisotopic (exact) mass is 154 g/mol. The Morgan fingerprint density at radius 3 is 2.27 bits per heavy atom. The van der Waals surface area contributed by atoms with Crippen molar-refractivity contribution in [3.63, 3.8) is 0 Å². The van der Waals surface area contributed by atoms with Crippen molar-refractivity contribution in [2.45, 2.75) is 27.2 Å². The second-order valence-electron chi connectivity index (χ2n) is 2.93. The first-order chi connectivity index (χ1) is 5.07. The fourth-order valence-corrected chi connectivity index (χ4v) is 0.568. The van der Waals surface area contributed by atoms with Gasteiger partial charge in [-0.25, -0.2) is 4.99 Å². The van der Waals surface area contributed by atoms with Crippen LogP contribution in [-0.2, 0) is 0 Å². The van der Waals surface area contributed by atoms with Crippen LogP contribution in [0.25, 0.3) is 0 Å². The van der Waals surface area contributed by atoms with Crippen LogP contribution in [-0.4, -0.2) is 25.3 Å². The van der Waals surface area contributed by atoms with Crippen molar-refractivity contribution in [3.05, 3.63) is 11.3 Å². The van der Waals surface area contributed by atoms with Gasteiger partial charge in [0.1, 0.15) is 0 Å². The Kier molecular flexibility index (Phi) is 4.59. The van der Waals surface area contributed by atoms with Crippen LogP contribution in [0.3, 0.4) is 0 Å². The maximum Gasteiger partial charge on any atom is 0.0902 e. The fourth-order valence-electron chi connectivity index (χ4n) is 0.568. The summed E-state index contributed by atoms with van der Waals surface area (Å²) < 4.78 is 0. The van der Waals surface area contributed by atoms with Crippen molar-refractivity contribution in [3.8, 4) is 0 Å². The summed E-state index contributed by atoms with van der Waals surface area (Å²) in [5.74, 6) is 0. The van der Waals surface area contributed by atoms with E-state index < -0.39 is 0 Å². The molecular weight excluding hydrogens is 136 g/mol. The van der Waals surface area contributed by atoms with E-state index >= 15 is 0 Å². The van der Waals surface area contributed by atoms with E-state index in [1.807, 2.05) is 32.3 Å². The molecule has 0 unspecified atom stereocenters. The van der Waals surface area contributed by atoms with Crippen LogP contribution in [0.15, 0.2) is 16.3 Å². The van der Waals surface area contributed by atoms with Crippen molar-refractivity contribution in [1.82, 2.24) is 4.90 Å². The molecule has 0 aliphatic carbocycles. The molecule has 0 heterocycles. The Morgan fingerprint density at radius 2 is 1.91 bits per heavy atom. The van der Waals surface area contributed by atoms with Gasteiger partial charge in [0.25, 0.3) is 0 Å². The zero-order valence-electron chi connectivity index (χ0n) is 8.18. The van der Waals surface area contributed by atoms with Gasteiger partial charge in [-0.1, -0.05) is 12.5 Å². The van der Waals surface area contributed by atoms with Gasteiger partial charge in [-0.15, -0.1) is 0 Å². The number of rotatable bonds is 3. The highest BCUT2D eigenvalue weighted by molar-refractivity contribution is 5.55. The van der Waals surface area contributed by atoms with Gasteiger partial charge < -0.3 is 4.90 Å². The summed E-state index contributed by atoms with van der Waals surface area (Å²) in [6, 6.07) is 0. The van der Waals surface area contributed by atoms with Crippen LogP contribution in [0.5, 0.6) is 0 Å². The van der Waals surface area contributed by atoms with Crippen molar-refractivity contribution < 1.29 is 0 Å². The van der Waals surface area contributed by atoms with Crippen molar-refractivity contribution >= 4 is 6.34 Å². The summed E-state index contributed by atoms with van der Waals surface area (Å²) in [5, 5.41) is 0. The lowest BCUT2D eigenvalue weighted by atomic mass is 10.2. The summed E-state index contributed by atoms with van der Waals surface area (Å²) in [6.07, 6.45) is 2.91. The minimum atomic E-state index is 1.08. The predicted octanol–water partition coefficient (Wildman–Crippen LogP) is 2.28. The lowest BCUT2D eigenvalue weighted by Gasteiger charge is -2.03. The Morgan fingerprint density at radius 1 is 1.36 bits per heavy atom. The fraction of sp³-hybridized carbons (Fsp3) is 0.667. The molecule has 0 aliphatic heterocycles. The number of nitrogens with zero attached hydrogens (tertiary/aromatic N) is 2. The van der Waals surface area contributed by atoms with Gasteiger partial charge in [0.2, 0.25) is 0 Å². The van der Waals surface area contributed by atoms with Crippen LogP contribution >= 0.6 is 0 Å². The first kappa shape index (κ1) is 10.2. The molecule has 0 bridgehead atoms. The minimum Gasteiger partial charge on any atom is -0.369 e. The van der Waals surface area contributed by atoms with Crippen LogP contribution < -0.4 is 0 Å². The van der Waals surface area contributed by atoms with Gasteiger partial charge in [0, 0.05) is 19.8 Å². The van der Waals surface area contributed by atoms with E-state index in [-0.39, 0.29) is 0 Å². The molecule has 2 heteroatoms. The number of aliphatic imine (C=N–C) groups is 1. The van der Waals surface area contributed by atoms with Gasteiger partial charge in [0.05, 0.1) is 6.34 Å². The average molecular weight is 154 g/mol. The minimum absolute atomic E-state index is 1.08. The summed E-state index contributed by atoms with van der Waals surface area (Å²) in [5.41, 5.74) is 2.48. The first-order valence-corrected chi connectivity index (χ1v) is 3.95. The van der Waals surface area contributed by atoms with Crippen LogP contribution in [0.1, 0.15) is 27.2 Å². The third kappa shape index (κ3) is 4.59. The topological polar surface area (TPSA) is 15.6 Å². The molecule has 0 atom stereocenters. The molecule has 0 amide bonds. The Balaban J connectivity index is 4.15. The Bertz CT molecular complexity index is 166. The van der Waals surface area contributed by atoms with E-state index in [4.69, 9.17) is 0 Å². The maximum absolute atomic E-state index is 4.27.